The van der Waals surface area contributed by atoms with Crippen molar-refractivity contribution >= 4 is 38.0 Å². The number of anilines is 2. The molecule has 9 heteroatoms. The van der Waals surface area contributed by atoms with Crippen molar-refractivity contribution in [2.45, 2.75) is 36.1 Å². The van der Waals surface area contributed by atoms with Gasteiger partial charge in [-0.05, 0) is 78.2 Å². The summed E-state index contributed by atoms with van der Waals surface area (Å²) >= 11 is 0. The molecule has 0 spiro atoms. The van der Waals surface area contributed by atoms with Crippen LogP contribution in [0, 0.1) is 5.82 Å². The third kappa shape index (κ3) is 6.16. The van der Waals surface area contributed by atoms with Gasteiger partial charge in [-0.2, -0.15) is 8.42 Å². The molecule has 0 amide bonds. The lowest BCUT2D eigenvalue weighted by atomic mass is 9.89. The number of benzene rings is 4. The number of carbonyl (C=O) groups is 1. The summed E-state index contributed by atoms with van der Waals surface area (Å²) in [5.74, 6) is 0.377. The number of carbonyl (C=O) groups excluding carboxylic acids is 1. The fourth-order valence-corrected chi connectivity index (χ4v) is 7.27. The Balaban J connectivity index is 0.000000197. The lowest BCUT2D eigenvalue weighted by Gasteiger charge is -2.41. The number of fused-ring (bicyclic) bond motifs is 4. The Morgan fingerprint density at radius 3 is 2.47 bits per heavy atom. The number of rotatable bonds is 6. The summed E-state index contributed by atoms with van der Waals surface area (Å²) in [6.45, 7) is 5.33. The molecule has 2 atom stereocenters. The number of Topliss-reactive ketones (excluding diaryl/α,β-unsaturated/α-hetero) is 1. The normalized spacial score (nSPS) is 19.4. The van der Waals surface area contributed by atoms with E-state index in [0.717, 1.165) is 49.9 Å². The van der Waals surface area contributed by atoms with Gasteiger partial charge in [0.1, 0.15) is 5.82 Å². The van der Waals surface area contributed by atoms with Crippen LogP contribution in [-0.2, 0) is 10.1 Å². The van der Waals surface area contributed by atoms with Gasteiger partial charge in [0.2, 0.25) is 0 Å². The standard InChI is InChI=1S/C24H28FN3O.C10H8O3S/c1-26-14-15-28-21-11-13-27(16-20(21)19-4-2-5-22(26)24(19)28)12-3-6-23(29)17-7-9-18(25)10-8-17;11-14(12,13)10-6-5-8-3-1-2-4-9(8)7-10/h2,4-5,7-10,20-21H,3,6,11-16H2,1H3;1-7H,(H,11,12,13)/t20-,21-;/m0./s1. The molecule has 7 nitrogen and oxygen atoms in total. The molecule has 1 N–H and O–H groups in total. The predicted molar refractivity (Wildman–Crippen MR) is 168 cm³/mol. The van der Waals surface area contributed by atoms with E-state index in [4.69, 9.17) is 4.55 Å². The smallest absolute Gasteiger partial charge is 0.294 e. The highest BCUT2D eigenvalue weighted by Crippen LogP contribution is 2.50. The van der Waals surface area contributed by atoms with Crippen LogP contribution in [-0.4, -0.2) is 69.5 Å². The first-order valence-corrected chi connectivity index (χ1v) is 16.2. The molecule has 224 valence electrons. The van der Waals surface area contributed by atoms with Gasteiger partial charge >= 0.3 is 0 Å². The Morgan fingerprint density at radius 2 is 1.70 bits per heavy atom. The number of halogens is 1. The van der Waals surface area contributed by atoms with Gasteiger partial charge in [0.25, 0.3) is 10.1 Å². The van der Waals surface area contributed by atoms with Crippen molar-refractivity contribution in [3.05, 3.63) is 102 Å². The number of likely N-dealkylation sites (N-methyl/N-ethyl adjacent to an activating group) is 1. The number of likely N-dealkylation sites (tertiary alicyclic amines) is 1. The van der Waals surface area contributed by atoms with E-state index in [1.165, 1.54) is 47.6 Å². The third-order valence-corrected chi connectivity index (χ3v) is 9.79. The van der Waals surface area contributed by atoms with Crippen molar-refractivity contribution < 1.29 is 22.2 Å². The van der Waals surface area contributed by atoms with Gasteiger partial charge in [0.15, 0.2) is 5.78 Å². The summed E-state index contributed by atoms with van der Waals surface area (Å²) in [6.07, 6.45) is 2.56. The first-order valence-electron chi connectivity index (χ1n) is 14.8. The molecule has 3 aliphatic heterocycles. The molecular weight excluding hydrogens is 565 g/mol. The summed E-state index contributed by atoms with van der Waals surface area (Å²) in [7, 11) is -1.90. The largest absolute Gasteiger partial charge is 0.371 e. The second-order valence-corrected chi connectivity index (χ2v) is 13.0. The Hall–Kier alpha value is -3.79. The minimum Gasteiger partial charge on any atom is -0.371 e. The van der Waals surface area contributed by atoms with Gasteiger partial charge in [-0.15, -0.1) is 0 Å². The van der Waals surface area contributed by atoms with Crippen LogP contribution >= 0.6 is 0 Å². The van der Waals surface area contributed by atoms with Crippen molar-refractivity contribution in [1.29, 1.82) is 0 Å². The lowest BCUT2D eigenvalue weighted by Crippen LogP contribution is -2.49. The van der Waals surface area contributed by atoms with E-state index in [9.17, 15) is 17.6 Å². The van der Waals surface area contributed by atoms with Crippen LogP contribution in [0.4, 0.5) is 15.8 Å². The van der Waals surface area contributed by atoms with Crippen LogP contribution in [0.5, 0.6) is 0 Å². The van der Waals surface area contributed by atoms with E-state index < -0.39 is 10.1 Å². The Bertz CT molecular complexity index is 1740. The van der Waals surface area contributed by atoms with Gasteiger partial charge < -0.3 is 14.7 Å². The molecule has 0 saturated carbocycles. The maximum atomic E-state index is 13.0. The van der Waals surface area contributed by atoms with Crippen molar-refractivity contribution in [3.63, 3.8) is 0 Å². The van der Waals surface area contributed by atoms with Crippen molar-refractivity contribution in [1.82, 2.24) is 4.90 Å². The molecule has 1 fully saturated rings. The maximum absolute atomic E-state index is 13.0. The minimum atomic E-state index is -4.09. The van der Waals surface area contributed by atoms with Crippen molar-refractivity contribution in [3.8, 4) is 0 Å². The summed E-state index contributed by atoms with van der Waals surface area (Å²) in [5, 5.41) is 1.74. The molecule has 0 aromatic heterocycles. The van der Waals surface area contributed by atoms with Crippen LogP contribution in [0.1, 0.15) is 41.1 Å². The molecule has 7 rings (SSSR count). The fraction of sp³-hybridized carbons (Fsp3) is 0.324. The summed E-state index contributed by atoms with van der Waals surface area (Å²) < 4.78 is 43.5. The number of nitrogens with zero attached hydrogens (tertiary/aromatic N) is 3. The molecule has 1 saturated heterocycles. The van der Waals surface area contributed by atoms with E-state index in [2.05, 4.69) is 39.9 Å². The summed E-state index contributed by atoms with van der Waals surface area (Å²) in [5.41, 5.74) is 4.95. The van der Waals surface area contributed by atoms with E-state index in [1.54, 1.807) is 24.3 Å². The molecule has 3 heterocycles. The average Bonchev–Trinajstić information content (AvgIpc) is 3.33. The predicted octanol–water partition coefficient (Wildman–Crippen LogP) is 6.00. The molecule has 0 aliphatic carbocycles. The number of para-hydroxylation sites is 1. The van der Waals surface area contributed by atoms with Crippen LogP contribution in [0.25, 0.3) is 10.8 Å². The monoisotopic (exact) mass is 601 g/mol. The Morgan fingerprint density at radius 1 is 0.930 bits per heavy atom. The highest BCUT2D eigenvalue weighted by molar-refractivity contribution is 7.85. The van der Waals surface area contributed by atoms with Gasteiger partial charge in [-0.1, -0.05) is 42.5 Å². The van der Waals surface area contributed by atoms with E-state index >= 15 is 0 Å². The lowest BCUT2D eigenvalue weighted by molar-refractivity contribution is 0.0971. The van der Waals surface area contributed by atoms with Gasteiger partial charge in [-0.3, -0.25) is 9.35 Å². The molecule has 0 unspecified atom stereocenters. The number of hydrogen-bond acceptors (Lipinski definition) is 6. The molecule has 0 bridgehead atoms. The van der Waals surface area contributed by atoms with Gasteiger partial charge in [-0.25, -0.2) is 4.39 Å². The first kappa shape index (κ1) is 29.3. The number of piperidine rings is 1. The van der Waals surface area contributed by atoms with E-state index in [1.807, 2.05) is 18.2 Å². The first-order chi connectivity index (χ1) is 20.7. The molecule has 4 aromatic carbocycles. The van der Waals surface area contributed by atoms with E-state index in [-0.39, 0.29) is 16.5 Å². The Kier molecular flexibility index (Phi) is 8.22. The number of ketones is 1. The zero-order valence-electron chi connectivity index (χ0n) is 24.2. The highest BCUT2D eigenvalue weighted by atomic mass is 32.2. The molecule has 0 radical (unpaired) electrons. The quantitative estimate of drug-likeness (QED) is 0.214. The van der Waals surface area contributed by atoms with Gasteiger partial charge in [0, 0.05) is 57.2 Å². The maximum Gasteiger partial charge on any atom is 0.294 e. The molecule has 43 heavy (non-hydrogen) atoms. The van der Waals surface area contributed by atoms with Crippen LogP contribution in [0.3, 0.4) is 0 Å². The van der Waals surface area contributed by atoms with Crippen molar-refractivity contribution in [2.75, 3.05) is 49.6 Å². The second-order valence-electron chi connectivity index (χ2n) is 11.6. The fourth-order valence-electron chi connectivity index (χ4n) is 6.75. The van der Waals surface area contributed by atoms with Gasteiger partial charge in [0.05, 0.1) is 16.3 Å². The molecule has 3 aliphatic rings. The van der Waals surface area contributed by atoms with Crippen LogP contribution in [0.2, 0.25) is 0 Å². The zero-order valence-corrected chi connectivity index (χ0v) is 25.0. The SMILES string of the molecule is CN1CCN2c3c(cccc31)[C@@H]1CN(CCCC(=O)c3ccc(F)cc3)CC[C@@H]12.O=S(=O)(O)c1ccc2ccccc2c1. The third-order valence-electron chi connectivity index (χ3n) is 8.94. The highest BCUT2D eigenvalue weighted by Gasteiger charge is 2.44. The molecular formula is C34H36FN3O4S. The summed E-state index contributed by atoms with van der Waals surface area (Å²) in [6, 6.07) is 25.2. The van der Waals surface area contributed by atoms with E-state index in [0.29, 0.717) is 23.9 Å². The molecule has 4 aromatic rings. The second kappa shape index (κ2) is 12.1. The topological polar surface area (TPSA) is 81.2 Å². The van der Waals surface area contributed by atoms with Crippen molar-refractivity contribution in [2.24, 2.45) is 0 Å². The van der Waals surface area contributed by atoms with Crippen LogP contribution in [0.15, 0.2) is 89.8 Å². The van der Waals surface area contributed by atoms with Crippen LogP contribution < -0.4 is 9.80 Å². The summed E-state index contributed by atoms with van der Waals surface area (Å²) in [4.78, 5) is 19.8. The average molecular weight is 602 g/mol. The minimum absolute atomic E-state index is 0.0730. The number of hydrogen-bond donors (Lipinski definition) is 1. The Labute approximate surface area is 252 Å². The zero-order chi connectivity index (χ0) is 30.1.